The van der Waals surface area contributed by atoms with Crippen LogP contribution in [0, 0.1) is 13.8 Å². The van der Waals surface area contributed by atoms with Crippen molar-refractivity contribution in [2.24, 2.45) is 0 Å². The Labute approximate surface area is 185 Å². The number of hydrazine groups is 1. The van der Waals surface area contributed by atoms with Crippen LogP contribution in [0.4, 0.5) is 5.69 Å². The molecular weight excluding hydrogens is 406 g/mol. The summed E-state index contributed by atoms with van der Waals surface area (Å²) in [5.41, 5.74) is 7.21. The van der Waals surface area contributed by atoms with Gasteiger partial charge in [0.05, 0.1) is 17.9 Å². The lowest BCUT2D eigenvalue weighted by Crippen LogP contribution is -2.35. The molecule has 0 bridgehead atoms. The number of benzene rings is 2. The Kier molecular flexibility index (Phi) is 5.64. The average molecular weight is 429 g/mol. The minimum Gasteiger partial charge on any atom is -0.462 e. The number of anilines is 1. The standard InChI is InChI=1S/C25H23N3O4/c1-4-32-25(31)18-10-12-20(13-11-18)27-16(2)14-19(17(27)3)15-22-23(29)26-28(24(22)30)21-8-6-5-7-9-21/h5-15H,4H2,1-3H3,(H,26,29)/b22-15+. The Morgan fingerprint density at radius 3 is 2.34 bits per heavy atom. The second-order valence-corrected chi connectivity index (χ2v) is 7.40. The average Bonchev–Trinajstić information content (AvgIpc) is 3.24. The van der Waals surface area contributed by atoms with E-state index in [-0.39, 0.29) is 11.5 Å². The molecule has 1 N–H and O–H groups in total. The molecule has 2 amide bonds. The van der Waals surface area contributed by atoms with Crippen LogP contribution in [0.15, 0.2) is 66.2 Å². The van der Waals surface area contributed by atoms with E-state index in [0.29, 0.717) is 17.9 Å². The van der Waals surface area contributed by atoms with Gasteiger partial charge in [-0.1, -0.05) is 18.2 Å². The van der Waals surface area contributed by atoms with Crippen LogP contribution in [0.25, 0.3) is 11.8 Å². The van der Waals surface area contributed by atoms with Gasteiger partial charge in [0.2, 0.25) is 0 Å². The Balaban J connectivity index is 1.65. The van der Waals surface area contributed by atoms with Crippen LogP contribution in [0.5, 0.6) is 0 Å². The van der Waals surface area contributed by atoms with Gasteiger partial charge in [0.25, 0.3) is 11.8 Å². The number of rotatable bonds is 5. The number of carbonyl (C=O) groups is 3. The van der Waals surface area contributed by atoms with Crippen LogP contribution >= 0.6 is 0 Å². The van der Waals surface area contributed by atoms with Crippen LogP contribution < -0.4 is 10.4 Å². The van der Waals surface area contributed by atoms with E-state index in [1.165, 1.54) is 5.01 Å². The smallest absolute Gasteiger partial charge is 0.338 e. The van der Waals surface area contributed by atoms with Gasteiger partial charge < -0.3 is 9.30 Å². The predicted molar refractivity (Wildman–Crippen MR) is 121 cm³/mol. The summed E-state index contributed by atoms with van der Waals surface area (Å²) < 4.78 is 7.04. The molecule has 7 nitrogen and oxygen atoms in total. The first-order chi connectivity index (χ1) is 15.4. The summed E-state index contributed by atoms with van der Waals surface area (Å²) in [4.78, 5) is 37.3. The van der Waals surface area contributed by atoms with Gasteiger partial charge in [-0.3, -0.25) is 15.0 Å². The molecule has 0 radical (unpaired) electrons. The maximum atomic E-state index is 12.9. The van der Waals surface area contributed by atoms with Crippen molar-refractivity contribution in [3.63, 3.8) is 0 Å². The van der Waals surface area contributed by atoms with Gasteiger partial charge in [0, 0.05) is 17.1 Å². The highest BCUT2D eigenvalue weighted by Crippen LogP contribution is 2.26. The van der Waals surface area contributed by atoms with E-state index in [9.17, 15) is 14.4 Å². The topological polar surface area (TPSA) is 80.6 Å². The number of nitrogens with zero attached hydrogens (tertiary/aromatic N) is 2. The van der Waals surface area contributed by atoms with Crippen molar-refractivity contribution in [3.05, 3.63) is 88.8 Å². The van der Waals surface area contributed by atoms with E-state index < -0.39 is 11.8 Å². The summed E-state index contributed by atoms with van der Waals surface area (Å²) in [5.74, 6) is -1.20. The summed E-state index contributed by atoms with van der Waals surface area (Å²) in [6, 6.07) is 18.0. The van der Waals surface area contributed by atoms with Crippen molar-refractivity contribution in [1.82, 2.24) is 9.99 Å². The summed E-state index contributed by atoms with van der Waals surface area (Å²) in [6.07, 6.45) is 1.62. The molecule has 2 heterocycles. The number of ether oxygens (including phenoxy) is 1. The second-order valence-electron chi connectivity index (χ2n) is 7.40. The molecule has 0 atom stereocenters. The number of aryl methyl sites for hydroxylation is 1. The van der Waals surface area contributed by atoms with Crippen LogP contribution in [-0.2, 0) is 14.3 Å². The lowest BCUT2D eigenvalue weighted by atomic mass is 10.1. The highest BCUT2D eigenvalue weighted by atomic mass is 16.5. The molecule has 0 aliphatic carbocycles. The fraction of sp³-hybridized carbons (Fsp3) is 0.160. The van der Waals surface area contributed by atoms with E-state index in [2.05, 4.69) is 5.43 Å². The molecule has 0 unspecified atom stereocenters. The van der Waals surface area contributed by atoms with Crippen molar-refractivity contribution in [1.29, 1.82) is 0 Å². The van der Waals surface area contributed by atoms with Gasteiger partial charge in [0.1, 0.15) is 5.57 Å². The lowest BCUT2D eigenvalue weighted by Gasteiger charge is -2.13. The van der Waals surface area contributed by atoms with Crippen molar-refractivity contribution in [2.75, 3.05) is 11.6 Å². The first-order valence-corrected chi connectivity index (χ1v) is 10.3. The molecule has 1 fully saturated rings. The Hall–Kier alpha value is -4.13. The van der Waals surface area contributed by atoms with E-state index >= 15 is 0 Å². The minimum absolute atomic E-state index is 0.0757. The third kappa shape index (κ3) is 3.80. The van der Waals surface area contributed by atoms with Gasteiger partial charge >= 0.3 is 5.97 Å². The van der Waals surface area contributed by atoms with Gasteiger partial charge in [0.15, 0.2) is 0 Å². The molecule has 1 aliphatic rings. The Morgan fingerprint density at radius 2 is 1.69 bits per heavy atom. The fourth-order valence-electron chi connectivity index (χ4n) is 3.76. The van der Waals surface area contributed by atoms with Gasteiger partial charge in [-0.05, 0) is 74.9 Å². The third-order valence-electron chi connectivity index (χ3n) is 5.31. The fourth-order valence-corrected chi connectivity index (χ4v) is 3.76. The Bertz CT molecular complexity index is 1220. The SMILES string of the molecule is CCOC(=O)c1ccc(-n2c(C)cc(/C=C3\C(=O)NN(c4ccccc4)C3=O)c2C)cc1. The van der Waals surface area contributed by atoms with Crippen molar-refractivity contribution in [2.45, 2.75) is 20.8 Å². The normalized spacial score (nSPS) is 14.7. The molecular formula is C25H23N3O4. The highest BCUT2D eigenvalue weighted by Gasteiger charge is 2.34. The summed E-state index contributed by atoms with van der Waals surface area (Å²) >= 11 is 0. The monoisotopic (exact) mass is 429 g/mol. The van der Waals surface area contributed by atoms with Crippen molar-refractivity contribution in [3.8, 4) is 5.69 Å². The first kappa shape index (κ1) is 21.1. The maximum absolute atomic E-state index is 12.9. The number of carbonyl (C=O) groups excluding carboxylic acids is 3. The minimum atomic E-state index is -0.442. The Morgan fingerprint density at radius 1 is 1.00 bits per heavy atom. The number of esters is 1. The second kappa shape index (κ2) is 8.55. The third-order valence-corrected chi connectivity index (χ3v) is 5.31. The maximum Gasteiger partial charge on any atom is 0.338 e. The molecule has 3 aromatic rings. The molecule has 7 heteroatoms. The lowest BCUT2D eigenvalue weighted by molar-refractivity contribution is -0.117. The molecule has 162 valence electrons. The summed E-state index contributed by atoms with van der Waals surface area (Å²) in [5, 5.41) is 1.25. The van der Waals surface area contributed by atoms with Crippen LogP contribution in [-0.4, -0.2) is 29.0 Å². The number of aromatic nitrogens is 1. The van der Waals surface area contributed by atoms with Crippen molar-refractivity contribution >= 4 is 29.5 Å². The highest BCUT2D eigenvalue weighted by molar-refractivity contribution is 6.31. The van der Waals surface area contributed by atoms with Crippen LogP contribution in [0.2, 0.25) is 0 Å². The van der Waals surface area contributed by atoms with Gasteiger partial charge in [-0.25, -0.2) is 9.80 Å². The number of para-hydroxylation sites is 1. The largest absolute Gasteiger partial charge is 0.462 e. The number of hydrogen-bond acceptors (Lipinski definition) is 4. The number of amides is 2. The van der Waals surface area contributed by atoms with E-state index in [1.54, 1.807) is 49.4 Å². The van der Waals surface area contributed by atoms with Crippen molar-refractivity contribution < 1.29 is 19.1 Å². The quantitative estimate of drug-likeness (QED) is 0.381. The molecule has 4 rings (SSSR count). The van der Waals surface area contributed by atoms with E-state index in [4.69, 9.17) is 4.74 Å². The zero-order valence-corrected chi connectivity index (χ0v) is 18.1. The molecule has 1 saturated heterocycles. The number of nitrogens with one attached hydrogen (secondary N) is 1. The van der Waals surface area contributed by atoms with Crippen LogP contribution in [0.1, 0.15) is 34.2 Å². The zero-order chi connectivity index (χ0) is 22.8. The molecule has 2 aromatic carbocycles. The molecule has 1 aliphatic heterocycles. The number of hydrogen-bond donors (Lipinski definition) is 1. The zero-order valence-electron chi connectivity index (χ0n) is 18.1. The van der Waals surface area contributed by atoms with E-state index in [0.717, 1.165) is 22.6 Å². The summed E-state index contributed by atoms with van der Waals surface area (Å²) in [6.45, 7) is 5.96. The summed E-state index contributed by atoms with van der Waals surface area (Å²) in [7, 11) is 0. The van der Waals surface area contributed by atoms with Crippen LogP contribution in [0.3, 0.4) is 0 Å². The molecule has 0 spiro atoms. The van der Waals surface area contributed by atoms with Gasteiger partial charge in [-0.15, -0.1) is 0 Å². The van der Waals surface area contributed by atoms with E-state index in [1.807, 2.05) is 42.7 Å². The molecule has 32 heavy (non-hydrogen) atoms. The molecule has 1 aromatic heterocycles. The molecule has 0 saturated carbocycles. The van der Waals surface area contributed by atoms with Gasteiger partial charge in [-0.2, -0.15) is 0 Å². The first-order valence-electron chi connectivity index (χ1n) is 10.3. The predicted octanol–water partition coefficient (Wildman–Crippen LogP) is 3.73.